The van der Waals surface area contributed by atoms with Gasteiger partial charge in [-0.1, -0.05) is 121 Å². The molecule has 52 heavy (non-hydrogen) atoms. The second kappa shape index (κ2) is 12.1. The zero-order valence-corrected chi connectivity index (χ0v) is 28.2. The highest BCUT2D eigenvalue weighted by Crippen LogP contribution is 2.38. The first-order valence-corrected chi connectivity index (χ1v) is 17.5. The van der Waals surface area contributed by atoms with Gasteiger partial charge in [0.25, 0.3) is 0 Å². The fraction of sp³-hybridized carbons (Fsp3) is 0. The molecule has 0 atom stereocenters. The Bertz CT molecular complexity index is 2950. The van der Waals surface area contributed by atoms with E-state index in [-0.39, 0.29) is 5.63 Å². The molecule has 3 nitrogen and oxygen atoms in total. The van der Waals surface area contributed by atoms with Crippen LogP contribution in [0.15, 0.2) is 197 Å². The zero-order valence-electron chi connectivity index (χ0n) is 28.2. The number of hydrogen-bond donors (Lipinski definition) is 0. The number of para-hydroxylation sites is 2. The van der Waals surface area contributed by atoms with E-state index >= 15 is 0 Å². The quantitative estimate of drug-likeness (QED) is 0.135. The second-order valence-electron chi connectivity index (χ2n) is 13.3. The van der Waals surface area contributed by atoms with Gasteiger partial charge >= 0.3 is 5.63 Å². The molecule has 10 aromatic rings. The molecule has 0 aliphatic rings. The normalized spacial score (nSPS) is 11.5. The molecule has 3 heteroatoms. The lowest BCUT2D eigenvalue weighted by Crippen LogP contribution is -2.00. The van der Waals surface area contributed by atoms with Gasteiger partial charge in [0.05, 0.1) is 16.4 Å². The first-order chi connectivity index (χ1) is 25.7. The van der Waals surface area contributed by atoms with Crippen LogP contribution in [-0.4, -0.2) is 4.57 Å². The molecule has 0 bridgehead atoms. The van der Waals surface area contributed by atoms with Gasteiger partial charge in [0.15, 0.2) is 0 Å². The smallest absolute Gasteiger partial charge is 0.344 e. The fourth-order valence-corrected chi connectivity index (χ4v) is 7.69. The van der Waals surface area contributed by atoms with E-state index in [0.717, 1.165) is 72.0 Å². The van der Waals surface area contributed by atoms with Crippen LogP contribution in [0.5, 0.6) is 0 Å². The monoisotopic (exact) mass is 665 g/mol. The van der Waals surface area contributed by atoms with Crippen LogP contribution in [0.1, 0.15) is 0 Å². The molecule has 0 saturated heterocycles. The van der Waals surface area contributed by atoms with Crippen molar-refractivity contribution in [3.8, 4) is 50.2 Å². The Morgan fingerprint density at radius 2 is 0.827 bits per heavy atom. The van der Waals surface area contributed by atoms with Crippen LogP contribution in [0.2, 0.25) is 0 Å². The molecule has 0 N–H and O–H groups in total. The number of hydrogen-bond acceptors (Lipinski definition) is 2. The molecule has 0 spiro atoms. The number of rotatable bonds is 5. The summed E-state index contributed by atoms with van der Waals surface area (Å²) in [4.78, 5) is 13.5. The number of benzene rings is 8. The molecule has 0 amide bonds. The Hall–Kier alpha value is -6.97. The lowest BCUT2D eigenvalue weighted by Gasteiger charge is -2.12. The van der Waals surface area contributed by atoms with Crippen LogP contribution >= 0.6 is 0 Å². The van der Waals surface area contributed by atoms with E-state index < -0.39 is 0 Å². The summed E-state index contributed by atoms with van der Waals surface area (Å²) >= 11 is 0. The minimum Gasteiger partial charge on any atom is -0.422 e. The van der Waals surface area contributed by atoms with Crippen LogP contribution in [0.25, 0.3) is 93.7 Å². The summed E-state index contributed by atoms with van der Waals surface area (Å²) in [5.41, 5.74) is 12.5. The van der Waals surface area contributed by atoms with Crippen molar-refractivity contribution in [3.63, 3.8) is 0 Å². The Morgan fingerprint density at radius 1 is 0.327 bits per heavy atom. The molecule has 244 valence electrons. The third-order valence-corrected chi connectivity index (χ3v) is 10.2. The summed E-state index contributed by atoms with van der Waals surface area (Å²) in [6.07, 6.45) is 0. The van der Waals surface area contributed by atoms with Crippen LogP contribution < -0.4 is 5.63 Å². The highest BCUT2D eigenvalue weighted by atomic mass is 16.4. The molecule has 0 aliphatic heterocycles. The molecular formula is C49H31NO2. The lowest BCUT2D eigenvalue weighted by molar-refractivity contribution is 0.570. The van der Waals surface area contributed by atoms with E-state index in [1.54, 1.807) is 0 Å². The summed E-state index contributed by atoms with van der Waals surface area (Å²) in [5.74, 6) is 0. The SMILES string of the molecule is O=c1oc2ccc(-c3cc(-c4ccccc4)cc(-c4ccccc4)c3)cc2c2ccc(-c3ccc4c(c3)c3ccccc3n4-c3ccccc3)cc12. The van der Waals surface area contributed by atoms with Gasteiger partial charge in [-0.15, -0.1) is 0 Å². The van der Waals surface area contributed by atoms with Crippen LogP contribution in [0.3, 0.4) is 0 Å². The number of fused-ring (bicyclic) bond motifs is 6. The van der Waals surface area contributed by atoms with Crippen molar-refractivity contribution in [2.24, 2.45) is 0 Å². The van der Waals surface area contributed by atoms with E-state index in [0.29, 0.717) is 11.0 Å². The maximum absolute atomic E-state index is 13.5. The molecular weight excluding hydrogens is 635 g/mol. The molecule has 0 unspecified atom stereocenters. The van der Waals surface area contributed by atoms with Gasteiger partial charge in [0.2, 0.25) is 0 Å². The number of aromatic nitrogens is 1. The first kappa shape index (κ1) is 29.9. The second-order valence-corrected chi connectivity index (χ2v) is 13.3. The summed E-state index contributed by atoms with van der Waals surface area (Å²) < 4.78 is 8.28. The Balaban J connectivity index is 1.11. The van der Waals surface area contributed by atoms with Gasteiger partial charge in [0.1, 0.15) is 5.58 Å². The lowest BCUT2D eigenvalue weighted by atomic mass is 9.92. The highest BCUT2D eigenvalue weighted by molar-refractivity contribution is 6.11. The standard InChI is InChI=1S/C49H31NO2/c51-49-45-31-34(35-21-24-47-43(29-35)42-18-10-11-19-46(42)50(47)40-16-8-3-9-17-40)20-23-41(45)44-30-36(22-25-48(44)52-49)39-27-37(32-12-4-1-5-13-32)26-38(28-39)33-14-6-2-7-15-33/h1-31H. The largest absolute Gasteiger partial charge is 0.422 e. The van der Waals surface area contributed by atoms with E-state index in [4.69, 9.17) is 4.42 Å². The molecule has 2 aromatic heterocycles. The van der Waals surface area contributed by atoms with E-state index in [2.05, 4.69) is 156 Å². The fourth-order valence-electron chi connectivity index (χ4n) is 7.69. The van der Waals surface area contributed by atoms with Crippen molar-refractivity contribution < 1.29 is 4.42 Å². The van der Waals surface area contributed by atoms with Crippen LogP contribution in [0, 0.1) is 0 Å². The maximum Gasteiger partial charge on any atom is 0.344 e. The molecule has 0 fully saturated rings. The average molecular weight is 666 g/mol. The first-order valence-electron chi connectivity index (χ1n) is 17.5. The Morgan fingerprint density at radius 3 is 1.52 bits per heavy atom. The van der Waals surface area contributed by atoms with Crippen molar-refractivity contribution in [3.05, 3.63) is 198 Å². The van der Waals surface area contributed by atoms with Crippen molar-refractivity contribution in [1.29, 1.82) is 0 Å². The third-order valence-electron chi connectivity index (χ3n) is 10.2. The Labute approximate surface area is 300 Å². The predicted molar refractivity (Wildman–Crippen MR) is 216 cm³/mol. The summed E-state index contributed by atoms with van der Waals surface area (Å²) in [7, 11) is 0. The van der Waals surface area contributed by atoms with Crippen molar-refractivity contribution >= 4 is 43.5 Å². The van der Waals surface area contributed by atoms with Gasteiger partial charge in [-0.3, -0.25) is 0 Å². The van der Waals surface area contributed by atoms with Crippen molar-refractivity contribution in [2.45, 2.75) is 0 Å². The van der Waals surface area contributed by atoms with Gasteiger partial charge in [-0.05, 0) is 117 Å². The topological polar surface area (TPSA) is 35.1 Å². The molecule has 0 saturated carbocycles. The van der Waals surface area contributed by atoms with E-state index in [1.165, 1.54) is 10.8 Å². The minimum atomic E-state index is -0.337. The zero-order chi connectivity index (χ0) is 34.6. The molecule has 10 rings (SSSR count). The van der Waals surface area contributed by atoms with E-state index in [1.807, 2.05) is 36.4 Å². The van der Waals surface area contributed by atoms with Crippen LogP contribution in [-0.2, 0) is 0 Å². The number of nitrogens with zero attached hydrogens (tertiary/aromatic N) is 1. The molecule has 8 aromatic carbocycles. The van der Waals surface area contributed by atoms with E-state index in [9.17, 15) is 4.79 Å². The average Bonchev–Trinajstić information content (AvgIpc) is 3.55. The maximum atomic E-state index is 13.5. The highest BCUT2D eigenvalue weighted by Gasteiger charge is 2.15. The van der Waals surface area contributed by atoms with Crippen LogP contribution in [0.4, 0.5) is 0 Å². The Kier molecular flexibility index (Phi) is 6.97. The predicted octanol–water partition coefficient (Wildman–Crippen LogP) is 12.7. The molecule has 0 aliphatic carbocycles. The minimum absolute atomic E-state index is 0.337. The van der Waals surface area contributed by atoms with Gasteiger partial charge < -0.3 is 8.98 Å². The molecule has 0 radical (unpaired) electrons. The summed E-state index contributed by atoms with van der Waals surface area (Å²) in [6, 6.07) is 65.6. The van der Waals surface area contributed by atoms with Gasteiger partial charge in [0, 0.05) is 21.8 Å². The van der Waals surface area contributed by atoms with Crippen molar-refractivity contribution in [2.75, 3.05) is 0 Å². The third kappa shape index (κ3) is 5.02. The van der Waals surface area contributed by atoms with Gasteiger partial charge in [-0.25, -0.2) is 4.79 Å². The summed E-state index contributed by atoms with van der Waals surface area (Å²) in [5, 5.41) is 4.71. The molecule has 2 heterocycles. The summed E-state index contributed by atoms with van der Waals surface area (Å²) in [6.45, 7) is 0. The van der Waals surface area contributed by atoms with Gasteiger partial charge in [-0.2, -0.15) is 0 Å². The van der Waals surface area contributed by atoms with Crippen molar-refractivity contribution in [1.82, 2.24) is 4.57 Å².